The molecular weight excluding hydrogens is 588 g/mol. The zero-order valence-corrected chi connectivity index (χ0v) is 25.1. The van der Waals surface area contributed by atoms with Gasteiger partial charge >= 0.3 is 5.97 Å². The van der Waals surface area contributed by atoms with Crippen molar-refractivity contribution in [3.05, 3.63) is 130 Å². The third-order valence-corrected chi connectivity index (χ3v) is 8.28. The second-order valence-electron chi connectivity index (χ2n) is 9.68. The van der Waals surface area contributed by atoms with Crippen LogP contribution in [0.2, 0.25) is 0 Å². The molecule has 0 spiro atoms. The Morgan fingerprint density at radius 3 is 2.35 bits per heavy atom. The number of thiazole rings is 1. The molecule has 1 aliphatic rings. The average Bonchev–Trinajstić information content (AvgIpc) is 3.23. The van der Waals surface area contributed by atoms with Crippen molar-refractivity contribution < 1.29 is 14.3 Å². The van der Waals surface area contributed by atoms with E-state index < -0.39 is 12.0 Å². The Balaban J connectivity index is 1.51. The van der Waals surface area contributed by atoms with Gasteiger partial charge in [-0.05, 0) is 78.5 Å². The summed E-state index contributed by atoms with van der Waals surface area (Å²) in [7, 11) is 0. The third kappa shape index (κ3) is 5.74. The molecule has 0 saturated heterocycles. The summed E-state index contributed by atoms with van der Waals surface area (Å²) in [5, 5.41) is 0. The largest absolute Gasteiger partial charge is 0.488 e. The Labute approximate surface area is 245 Å². The van der Waals surface area contributed by atoms with Crippen molar-refractivity contribution in [2.24, 2.45) is 4.99 Å². The van der Waals surface area contributed by atoms with E-state index in [2.05, 4.69) is 52.1 Å². The molecule has 0 bridgehead atoms. The molecular formula is C32H29BrN2O4S. The predicted octanol–water partition coefficient (Wildman–Crippen LogP) is 5.76. The average molecular weight is 618 g/mol. The number of aryl methyl sites for hydroxylation is 2. The minimum absolute atomic E-state index is 0.209. The Bertz CT molecular complexity index is 1780. The number of carbonyl (C=O) groups excluding carboxylic acids is 1. The normalized spacial score (nSPS) is 15.0. The molecule has 0 radical (unpaired) electrons. The van der Waals surface area contributed by atoms with E-state index >= 15 is 0 Å². The van der Waals surface area contributed by atoms with Crippen molar-refractivity contribution in [1.82, 2.24) is 4.57 Å². The number of hydrogen-bond donors (Lipinski definition) is 0. The highest BCUT2D eigenvalue weighted by molar-refractivity contribution is 9.10. The number of benzene rings is 3. The lowest BCUT2D eigenvalue weighted by molar-refractivity contribution is -0.139. The summed E-state index contributed by atoms with van der Waals surface area (Å²) >= 11 is 4.92. The zero-order chi connectivity index (χ0) is 28.4. The molecule has 1 aromatic heterocycles. The van der Waals surface area contributed by atoms with Gasteiger partial charge in [0.15, 0.2) is 4.80 Å². The van der Waals surface area contributed by atoms with Crippen LogP contribution in [0.4, 0.5) is 0 Å². The number of carbonyl (C=O) groups is 1. The van der Waals surface area contributed by atoms with Gasteiger partial charge in [-0.15, -0.1) is 0 Å². The SMILES string of the molecule is CCOC(=O)C1=C(C)N=c2s/c(=C/c3ccc(OCc4ccc(C)cc4)c(Br)c3)c(=O)n2[C@H]1c1ccc(C)cc1. The molecule has 0 N–H and O–H groups in total. The number of allylic oxidation sites excluding steroid dienone is 1. The maximum absolute atomic E-state index is 13.8. The van der Waals surface area contributed by atoms with Crippen molar-refractivity contribution in [3.63, 3.8) is 0 Å². The second kappa shape index (κ2) is 11.8. The van der Waals surface area contributed by atoms with Crippen molar-refractivity contribution in [3.8, 4) is 5.75 Å². The Hall–Kier alpha value is -3.75. The smallest absolute Gasteiger partial charge is 0.338 e. The molecule has 5 rings (SSSR count). The van der Waals surface area contributed by atoms with Crippen molar-refractivity contribution in [2.45, 2.75) is 40.3 Å². The van der Waals surface area contributed by atoms with E-state index in [0.717, 1.165) is 26.7 Å². The van der Waals surface area contributed by atoms with Gasteiger partial charge < -0.3 is 9.47 Å². The predicted molar refractivity (Wildman–Crippen MR) is 161 cm³/mol. The van der Waals surface area contributed by atoms with Crippen LogP contribution >= 0.6 is 27.3 Å². The molecule has 0 amide bonds. The number of esters is 1. The number of ether oxygens (including phenoxy) is 2. The van der Waals surface area contributed by atoms with Crippen LogP contribution in [0.3, 0.4) is 0 Å². The van der Waals surface area contributed by atoms with E-state index in [4.69, 9.17) is 9.47 Å². The lowest BCUT2D eigenvalue weighted by atomic mass is 9.95. The molecule has 204 valence electrons. The number of halogens is 1. The molecule has 4 aromatic rings. The fourth-order valence-electron chi connectivity index (χ4n) is 4.58. The summed E-state index contributed by atoms with van der Waals surface area (Å²) in [5.41, 5.74) is 5.77. The van der Waals surface area contributed by atoms with Crippen molar-refractivity contribution >= 4 is 39.3 Å². The van der Waals surface area contributed by atoms with Crippen LogP contribution in [0.25, 0.3) is 6.08 Å². The van der Waals surface area contributed by atoms with Crippen LogP contribution in [-0.2, 0) is 16.1 Å². The van der Waals surface area contributed by atoms with Crippen LogP contribution in [0.1, 0.15) is 47.7 Å². The summed E-state index contributed by atoms with van der Waals surface area (Å²) in [6.07, 6.45) is 1.84. The molecule has 40 heavy (non-hydrogen) atoms. The monoisotopic (exact) mass is 616 g/mol. The number of aromatic nitrogens is 1. The second-order valence-corrected chi connectivity index (χ2v) is 11.5. The first kappa shape index (κ1) is 27.8. The first-order valence-corrected chi connectivity index (χ1v) is 14.6. The minimum atomic E-state index is -0.623. The van der Waals surface area contributed by atoms with Gasteiger partial charge in [0.05, 0.1) is 32.9 Å². The lowest BCUT2D eigenvalue weighted by Gasteiger charge is -2.24. The highest BCUT2D eigenvalue weighted by Crippen LogP contribution is 2.31. The molecule has 2 heterocycles. The van der Waals surface area contributed by atoms with E-state index in [9.17, 15) is 9.59 Å². The van der Waals surface area contributed by atoms with Gasteiger partial charge in [-0.25, -0.2) is 9.79 Å². The van der Waals surface area contributed by atoms with Gasteiger partial charge in [0.25, 0.3) is 5.56 Å². The van der Waals surface area contributed by atoms with Crippen LogP contribution in [0, 0.1) is 13.8 Å². The molecule has 8 heteroatoms. The highest BCUT2D eigenvalue weighted by atomic mass is 79.9. The number of fused-ring (bicyclic) bond motifs is 1. The standard InChI is InChI=1S/C32H29BrN2O4S/c1-5-38-31(37)28-21(4)34-32-35(29(28)24-13-8-20(3)9-14-24)30(36)27(40-32)17-23-12-15-26(25(33)16-23)39-18-22-10-6-19(2)7-11-22/h6-17,29H,5,18H2,1-4H3/b27-17+/t29-/m0/s1. The summed E-state index contributed by atoms with van der Waals surface area (Å²) < 4.78 is 14.3. The minimum Gasteiger partial charge on any atom is -0.488 e. The summed E-state index contributed by atoms with van der Waals surface area (Å²) in [6, 6.07) is 21.2. The van der Waals surface area contributed by atoms with Crippen LogP contribution in [0.15, 0.2) is 92.3 Å². The summed E-state index contributed by atoms with van der Waals surface area (Å²) in [4.78, 5) is 32.0. The molecule has 6 nitrogen and oxygen atoms in total. The first-order valence-electron chi connectivity index (χ1n) is 13.0. The van der Waals surface area contributed by atoms with Crippen molar-refractivity contribution in [1.29, 1.82) is 0 Å². The molecule has 0 fully saturated rings. The molecule has 0 unspecified atom stereocenters. The van der Waals surface area contributed by atoms with Crippen molar-refractivity contribution in [2.75, 3.05) is 6.61 Å². The Morgan fingerprint density at radius 1 is 1.02 bits per heavy atom. The van der Waals surface area contributed by atoms with Gasteiger partial charge in [-0.1, -0.05) is 77.1 Å². The van der Waals surface area contributed by atoms with Gasteiger partial charge in [0.1, 0.15) is 12.4 Å². The number of rotatable bonds is 7. The number of hydrogen-bond acceptors (Lipinski definition) is 6. The Morgan fingerprint density at radius 2 is 1.70 bits per heavy atom. The fraction of sp³-hybridized carbons (Fsp3) is 0.219. The van der Waals surface area contributed by atoms with Gasteiger partial charge in [-0.3, -0.25) is 9.36 Å². The summed E-state index contributed by atoms with van der Waals surface area (Å²) in [6.45, 7) is 8.30. The highest BCUT2D eigenvalue weighted by Gasteiger charge is 2.33. The Kier molecular flexibility index (Phi) is 8.19. The van der Waals surface area contributed by atoms with E-state index in [1.54, 1.807) is 18.4 Å². The maximum Gasteiger partial charge on any atom is 0.338 e. The molecule has 1 aliphatic heterocycles. The quantitative estimate of drug-likeness (QED) is 0.248. The lowest BCUT2D eigenvalue weighted by Crippen LogP contribution is -2.39. The van der Waals surface area contributed by atoms with E-state index in [1.165, 1.54) is 16.9 Å². The van der Waals surface area contributed by atoms with Gasteiger partial charge in [-0.2, -0.15) is 0 Å². The molecule has 1 atom stereocenters. The van der Waals surface area contributed by atoms with E-state index in [-0.39, 0.29) is 12.2 Å². The summed E-state index contributed by atoms with van der Waals surface area (Å²) in [5.74, 6) is 0.252. The zero-order valence-electron chi connectivity index (χ0n) is 22.7. The number of nitrogens with zero attached hydrogens (tertiary/aromatic N) is 2. The van der Waals surface area contributed by atoms with E-state index in [1.807, 2.05) is 55.5 Å². The van der Waals surface area contributed by atoms with Crippen LogP contribution in [-0.4, -0.2) is 17.1 Å². The van der Waals surface area contributed by atoms with Crippen LogP contribution < -0.4 is 19.6 Å². The molecule has 0 saturated carbocycles. The third-order valence-electron chi connectivity index (χ3n) is 6.68. The fourth-order valence-corrected chi connectivity index (χ4v) is 6.13. The van der Waals surface area contributed by atoms with Gasteiger partial charge in [0, 0.05) is 0 Å². The molecule has 3 aromatic carbocycles. The maximum atomic E-state index is 13.8. The molecule has 0 aliphatic carbocycles. The topological polar surface area (TPSA) is 69.9 Å². The first-order chi connectivity index (χ1) is 19.2. The van der Waals surface area contributed by atoms with Gasteiger partial charge in [0.2, 0.25) is 0 Å². The van der Waals surface area contributed by atoms with Crippen LogP contribution in [0.5, 0.6) is 5.75 Å². The van der Waals surface area contributed by atoms with E-state index in [0.29, 0.717) is 33.0 Å².